The first-order chi connectivity index (χ1) is 13.1. The second kappa shape index (κ2) is 8.44. The van der Waals surface area contributed by atoms with Gasteiger partial charge in [0, 0.05) is 37.6 Å². The van der Waals surface area contributed by atoms with Gasteiger partial charge in [-0.25, -0.2) is 4.79 Å². The minimum atomic E-state index is -0.400. The zero-order valence-electron chi connectivity index (χ0n) is 15.1. The van der Waals surface area contributed by atoms with Crippen LogP contribution in [0.4, 0.5) is 5.69 Å². The van der Waals surface area contributed by atoms with Crippen LogP contribution in [-0.4, -0.2) is 40.8 Å². The van der Waals surface area contributed by atoms with Crippen LogP contribution in [0, 0.1) is 5.92 Å². The van der Waals surface area contributed by atoms with E-state index in [1.807, 2.05) is 12.1 Å². The Bertz CT molecular complexity index is 821. The zero-order chi connectivity index (χ0) is 19.2. The van der Waals surface area contributed by atoms with Gasteiger partial charge in [-0.15, -0.1) is 0 Å². The molecule has 1 N–H and O–H groups in total. The molecule has 0 aliphatic carbocycles. The number of esters is 1. The first-order valence-electron chi connectivity index (χ1n) is 8.81. The molecule has 1 unspecified atom stereocenters. The summed E-state index contributed by atoms with van der Waals surface area (Å²) in [7, 11) is 0. The highest BCUT2D eigenvalue weighted by Gasteiger charge is 2.34. The lowest BCUT2D eigenvalue weighted by molar-refractivity contribution is -0.128. The van der Waals surface area contributed by atoms with Crippen molar-refractivity contribution in [3.8, 4) is 0 Å². The van der Waals surface area contributed by atoms with Crippen LogP contribution in [0.5, 0.6) is 0 Å². The smallest absolute Gasteiger partial charge is 0.338 e. The number of carbonyl (C=O) groups excluding carboxylic acids is 3. The van der Waals surface area contributed by atoms with Crippen molar-refractivity contribution >= 4 is 23.5 Å². The summed E-state index contributed by atoms with van der Waals surface area (Å²) in [6.45, 7) is 2.91. The molecule has 0 bridgehead atoms. The van der Waals surface area contributed by atoms with Crippen LogP contribution in [-0.2, 0) is 20.9 Å². The largest absolute Gasteiger partial charge is 0.462 e. The van der Waals surface area contributed by atoms with Crippen LogP contribution in [0.25, 0.3) is 0 Å². The number of amides is 2. The third-order valence-electron chi connectivity index (χ3n) is 4.37. The Morgan fingerprint density at radius 1 is 1.19 bits per heavy atom. The van der Waals surface area contributed by atoms with Crippen molar-refractivity contribution in [2.75, 3.05) is 18.5 Å². The number of hydrogen-bond donors (Lipinski definition) is 1. The van der Waals surface area contributed by atoms with E-state index in [9.17, 15) is 14.4 Å². The average molecular weight is 367 g/mol. The molecule has 140 valence electrons. The van der Waals surface area contributed by atoms with Gasteiger partial charge < -0.3 is 15.0 Å². The molecule has 1 atom stereocenters. The highest BCUT2D eigenvalue weighted by Crippen LogP contribution is 2.22. The first kappa shape index (κ1) is 18.6. The molecular weight excluding hydrogens is 346 g/mol. The zero-order valence-corrected chi connectivity index (χ0v) is 15.1. The maximum Gasteiger partial charge on any atom is 0.338 e. The minimum Gasteiger partial charge on any atom is -0.462 e. The van der Waals surface area contributed by atoms with Crippen LogP contribution in [0.1, 0.15) is 29.3 Å². The number of pyridine rings is 1. The summed E-state index contributed by atoms with van der Waals surface area (Å²) in [4.78, 5) is 42.0. The predicted octanol–water partition coefficient (Wildman–Crippen LogP) is 2.25. The van der Waals surface area contributed by atoms with Gasteiger partial charge in [-0.2, -0.15) is 0 Å². The predicted molar refractivity (Wildman–Crippen MR) is 98.8 cm³/mol. The van der Waals surface area contributed by atoms with Crippen molar-refractivity contribution in [3.05, 3.63) is 59.9 Å². The van der Waals surface area contributed by atoms with E-state index in [0.717, 1.165) is 5.56 Å². The molecule has 7 heteroatoms. The van der Waals surface area contributed by atoms with E-state index in [-0.39, 0.29) is 18.2 Å². The van der Waals surface area contributed by atoms with Crippen LogP contribution in [0.2, 0.25) is 0 Å². The Hall–Kier alpha value is -3.22. The number of nitrogens with zero attached hydrogens (tertiary/aromatic N) is 2. The van der Waals surface area contributed by atoms with Gasteiger partial charge in [0.25, 0.3) is 0 Å². The Kier molecular flexibility index (Phi) is 5.80. The molecule has 27 heavy (non-hydrogen) atoms. The van der Waals surface area contributed by atoms with E-state index < -0.39 is 11.9 Å². The molecule has 0 radical (unpaired) electrons. The standard InChI is InChI=1S/C20H21N3O4/c1-2-27-20(26)15-3-5-17(6-4-15)22-19(25)16-11-18(24)23(13-16)12-14-7-9-21-10-8-14/h3-10,16H,2,11-13H2,1H3,(H,22,25). The fourth-order valence-corrected chi connectivity index (χ4v) is 2.96. The number of aromatic nitrogens is 1. The summed E-state index contributed by atoms with van der Waals surface area (Å²) in [5.74, 6) is -1.04. The number of likely N-dealkylation sites (tertiary alicyclic amines) is 1. The van der Waals surface area contributed by atoms with Crippen LogP contribution < -0.4 is 5.32 Å². The van der Waals surface area contributed by atoms with E-state index >= 15 is 0 Å². The van der Waals surface area contributed by atoms with Gasteiger partial charge in [0.15, 0.2) is 0 Å². The molecule has 1 aromatic heterocycles. The summed E-state index contributed by atoms with van der Waals surface area (Å²) in [6.07, 6.45) is 3.55. The monoisotopic (exact) mass is 367 g/mol. The third-order valence-corrected chi connectivity index (χ3v) is 4.37. The fraction of sp³-hybridized carbons (Fsp3) is 0.300. The topological polar surface area (TPSA) is 88.6 Å². The highest BCUT2D eigenvalue weighted by atomic mass is 16.5. The second-order valence-electron chi connectivity index (χ2n) is 6.32. The van der Waals surface area contributed by atoms with Crippen molar-refractivity contribution in [2.45, 2.75) is 19.9 Å². The molecule has 0 saturated carbocycles. The van der Waals surface area contributed by atoms with E-state index in [1.54, 1.807) is 48.5 Å². The molecule has 3 rings (SSSR count). The Labute approximate surface area is 157 Å². The van der Waals surface area contributed by atoms with Crippen molar-refractivity contribution in [3.63, 3.8) is 0 Å². The molecule has 2 aromatic rings. The Balaban J connectivity index is 1.57. The SMILES string of the molecule is CCOC(=O)c1ccc(NC(=O)C2CC(=O)N(Cc3ccncc3)C2)cc1. The van der Waals surface area contributed by atoms with Crippen LogP contribution in [0.15, 0.2) is 48.8 Å². The molecule has 0 spiro atoms. The van der Waals surface area contributed by atoms with Gasteiger partial charge in [0.1, 0.15) is 0 Å². The van der Waals surface area contributed by atoms with Crippen LogP contribution >= 0.6 is 0 Å². The maximum absolute atomic E-state index is 12.5. The lowest BCUT2D eigenvalue weighted by atomic mass is 10.1. The second-order valence-corrected chi connectivity index (χ2v) is 6.32. The number of ether oxygens (including phenoxy) is 1. The summed E-state index contributed by atoms with van der Waals surface area (Å²) in [6, 6.07) is 10.2. The number of nitrogens with one attached hydrogen (secondary N) is 1. The van der Waals surface area contributed by atoms with Gasteiger partial charge in [-0.05, 0) is 48.9 Å². The quantitative estimate of drug-likeness (QED) is 0.791. The van der Waals surface area contributed by atoms with E-state index in [1.165, 1.54) is 0 Å². The van der Waals surface area contributed by atoms with Crippen molar-refractivity contribution < 1.29 is 19.1 Å². The lowest BCUT2D eigenvalue weighted by Gasteiger charge is -2.16. The maximum atomic E-state index is 12.5. The van der Waals surface area contributed by atoms with E-state index in [4.69, 9.17) is 4.74 Å². The summed E-state index contributed by atoms with van der Waals surface area (Å²) >= 11 is 0. The van der Waals surface area contributed by atoms with E-state index in [0.29, 0.717) is 30.9 Å². The van der Waals surface area contributed by atoms with E-state index in [2.05, 4.69) is 10.3 Å². The molecule has 1 aromatic carbocycles. The Morgan fingerprint density at radius 2 is 1.89 bits per heavy atom. The highest BCUT2D eigenvalue weighted by molar-refractivity contribution is 5.97. The Morgan fingerprint density at radius 3 is 2.56 bits per heavy atom. The summed E-state index contributed by atoms with van der Waals surface area (Å²) in [5.41, 5.74) is 1.98. The molecule has 1 saturated heterocycles. The normalized spacial score (nSPS) is 16.3. The van der Waals surface area contributed by atoms with Crippen molar-refractivity contribution in [2.24, 2.45) is 5.92 Å². The number of anilines is 1. The molecular formula is C20H21N3O4. The van der Waals surface area contributed by atoms with Crippen molar-refractivity contribution in [1.29, 1.82) is 0 Å². The number of benzene rings is 1. The number of rotatable bonds is 6. The molecule has 2 heterocycles. The first-order valence-corrected chi connectivity index (χ1v) is 8.81. The van der Waals surface area contributed by atoms with Crippen LogP contribution in [0.3, 0.4) is 0 Å². The number of carbonyl (C=O) groups is 3. The van der Waals surface area contributed by atoms with Gasteiger partial charge in [0.05, 0.1) is 18.1 Å². The minimum absolute atomic E-state index is 0.0374. The molecule has 2 amide bonds. The third kappa shape index (κ3) is 4.69. The van der Waals surface area contributed by atoms with Gasteiger partial charge >= 0.3 is 5.97 Å². The lowest BCUT2D eigenvalue weighted by Crippen LogP contribution is -2.28. The summed E-state index contributed by atoms with van der Waals surface area (Å²) < 4.78 is 4.93. The molecule has 7 nitrogen and oxygen atoms in total. The fourth-order valence-electron chi connectivity index (χ4n) is 2.96. The van der Waals surface area contributed by atoms with Gasteiger partial charge in [-0.3, -0.25) is 14.6 Å². The molecule has 1 aliphatic heterocycles. The summed E-state index contributed by atoms with van der Waals surface area (Å²) in [5, 5.41) is 2.81. The molecule has 1 aliphatic rings. The van der Waals surface area contributed by atoms with Gasteiger partial charge in [0.2, 0.25) is 11.8 Å². The van der Waals surface area contributed by atoms with Gasteiger partial charge in [-0.1, -0.05) is 0 Å². The average Bonchev–Trinajstić information content (AvgIpc) is 3.04. The van der Waals surface area contributed by atoms with Crippen molar-refractivity contribution in [1.82, 2.24) is 9.88 Å². The number of hydrogen-bond acceptors (Lipinski definition) is 5. The molecule has 1 fully saturated rings.